The van der Waals surface area contributed by atoms with Crippen molar-refractivity contribution in [1.29, 1.82) is 0 Å². The number of piperidine rings is 3. The number of amides is 1. The molecule has 0 spiro atoms. The molecule has 2 aromatic rings. The number of hydrogen-bond acceptors (Lipinski definition) is 3. The summed E-state index contributed by atoms with van der Waals surface area (Å²) in [7, 11) is 0. The normalized spacial score (nSPS) is 28.8. The van der Waals surface area contributed by atoms with Gasteiger partial charge in [0.1, 0.15) is 5.82 Å². The van der Waals surface area contributed by atoms with Crippen molar-refractivity contribution in [2.75, 3.05) is 13.1 Å². The summed E-state index contributed by atoms with van der Waals surface area (Å²) in [5.74, 6) is 0.222. The molecule has 5 nitrogen and oxygen atoms in total. The van der Waals surface area contributed by atoms with Crippen molar-refractivity contribution < 1.29 is 9.18 Å². The van der Waals surface area contributed by atoms with Crippen LogP contribution in [-0.2, 0) is 0 Å². The number of fused-ring (bicyclic) bond motifs is 3. The van der Waals surface area contributed by atoms with Gasteiger partial charge in [-0.3, -0.25) is 4.90 Å². The molecule has 24 heavy (non-hydrogen) atoms. The van der Waals surface area contributed by atoms with Crippen molar-refractivity contribution in [3.63, 3.8) is 0 Å². The summed E-state index contributed by atoms with van der Waals surface area (Å²) < 4.78 is 15.1. The molecule has 6 heteroatoms. The standard InChI is InChI=1S/C18H21FN4O/c1-12-8-13-6-7-22(12)11-17(13)21-18(24)23-10-14(9-20-23)15-4-2-3-5-16(15)19/h2-5,9-10,12-13,17H,6-8,11H2,1H3,(H,21,24)/t12?,13?,17-/m0/s1. The number of benzene rings is 1. The van der Waals surface area contributed by atoms with Gasteiger partial charge < -0.3 is 5.32 Å². The van der Waals surface area contributed by atoms with Crippen LogP contribution in [-0.4, -0.2) is 45.9 Å². The van der Waals surface area contributed by atoms with Gasteiger partial charge in [-0.1, -0.05) is 18.2 Å². The molecule has 0 aliphatic carbocycles. The number of carbonyl (C=O) groups is 1. The van der Waals surface area contributed by atoms with E-state index < -0.39 is 0 Å². The molecule has 5 rings (SSSR count). The Hall–Kier alpha value is -2.21. The fourth-order valence-corrected chi connectivity index (χ4v) is 3.95. The molecule has 1 aromatic heterocycles. The summed E-state index contributed by atoms with van der Waals surface area (Å²) in [6.07, 6.45) is 5.37. The minimum atomic E-state index is -0.316. The Bertz CT molecular complexity index is 759. The largest absolute Gasteiger partial charge is 0.342 e. The van der Waals surface area contributed by atoms with Crippen LogP contribution in [0.2, 0.25) is 0 Å². The molecule has 3 aliphatic heterocycles. The molecule has 1 aromatic carbocycles. The van der Waals surface area contributed by atoms with Gasteiger partial charge in [0, 0.05) is 36.0 Å². The van der Waals surface area contributed by atoms with Gasteiger partial charge in [0.05, 0.1) is 6.20 Å². The smallest absolute Gasteiger partial charge is 0.332 e. The first-order chi connectivity index (χ1) is 11.6. The molecule has 1 amide bonds. The van der Waals surface area contributed by atoms with Gasteiger partial charge in [0.15, 0.2) is 0 Å². The van der Waals surface area contributed by atoms with Crippen LogP contribution in [0.3, 0.4) is 0 Å². The van der Waals surface area contributed by atoms with Gasteiger partial charge in [-0.25, -0.2) is 9.18 Å². The molecule has 0 saturated carbocycles. The van der Waals surface area contributed by atoms with E-state index >= 15 is 0 Å². The maximum atomic E-state index is 13.9. The van der Waals surface area contributed by atoms with Crippen LogP contribution in [0, 0.1) is 11.7 Å². The van der Waals surface area contributed by atoms with E-state index in [1.807, 2.05) is 0 Å². The summed E-state index contributed by atoms with van der Waals surface area (Å²) in [5.41, 5.74) is 1.05. The first kappa shape index (κ1) is 15.3. The van der Waals surface area contributed by atoms with Crippen molar-refractivity contribution in [1.82, 2.24) is 20.0 Å². The van der Waals surface area contributed by atoms with Gasteiger partial charge in [0.25, 0.3) is 0 Å². The highest BCUT2D eigenvalue weighted by molar-refractivity contribution is 5.78. The van der Waals surface area contributed by atoms with Crippen molar-refractivity contribution in [2.45, 2.75) is 31.8 Å². The SMILES string of the molecule is CC1CC2CCN1C[C@@H]2NC(=O)n1cc(-c2ccccc2F)cn1. The van der Waals surface area contributed by atoms with Crippen LogP contribution in [0.4, 0.5) is 9.18 Å². The Morgan fingerprint density at radius 3 is 2.92 bits per heavy atom. The van der Waals surface area contributed by atoms with Crippen LogP contribution < -0.4 is 5.32 Å². The fraction of sp³-hybridized carbons (Fsp3) is 0.444. The number of nitrogens with zero attached hydrogens (tertiary/aromatic N) is 3. The van der Waals surface area contributed by atoms with Crippen LogP contribution in [0.1, 0.15) is 19.8 Å². The van der Waals surface area contributed by atoms with Gasteiger partial charge >= 0.3 is 6.03 Å². The third-order valence-corrected chi connectivity index (χ3v) is 5.34. The lowest BCUT2D eigenvalue weighted by molar-refractivity contribution is 0.0321. The monoisotopic (exact) mass is 328 g/mol. The van der Waals surface area contributed by atoms with E-state index in [-0.39, 0.29) is 17.9 Å². The maximum absolute atomic E-state index is 13.9. The van der Waals surface area contributed by atoms with E-state index in [1.54, 1.807) is 24.4 Å². The van der Waals surface area contributed by atoms with Gasteiger partial charge in [-0.15, -0.1) is 0 Å². The average Bonchev–Trinajstić information content (AvgIpc) is 3.06. The summed E-state index contributed by atoms with van der Waals surface area (Å²) in [4.78, 5) is 14.9. The topological polar surface area (TPSA) is 50.2 Å². The summed E-state index contributed by atoms with van der Waals surface area (Å²) >= 11 is 0. The zero-order chi connectivity index (χ0) is 16.7. The molecule has 3 aliphatic rings. The third-order valence-electron chi connectivity index (χ3n) is 5.34. The molecule has 2 bridgehead atoms. The molecule has 126 valence electrons. The van der Waals surface area contributed by atoms with Gasteiger partial charge in [-0.2, -0.15) is 9.78 Å². The zero-order valence-electron chi connectivity index (χ0n) is 13.7. The maximum Gasteiger partial charge on any atom is 0.342 e. The Morgan fingerprint density at radius 2 is 2.21 bits per heavy atom. The van der Waals surface area contributed by atoms with Crippen molar-refractivity contribution in [2.24, 2.45) is 5.92 Å². The summed E-state index contributed by atoms with van der Waals surface area (Å²) in [5, 5.41) is 7.19. The van der Waals surface area contributed by atoms with E-state index in [1.165, 1.54) is 16.9 Å². The Morgan fingerprint density at radius 1 is 1.38 bits per heavy atom. The lowest BCUT2D eigenvalue weighted by Gasteiger charge is -2.48. The van der Waals surface area contributed by atoms with Crippen LogP contribution in [0.25, 0.3) is 11.1 Å². The molecule has 4 heterocycles. The molecule has 3 fully saturated rings. The predicted octanol–water partition coefficient (Wildman–Crippen LogP) is 2.73. The molecular weight excluding hydrogens is 307 g/mol. The fourth-order valence-electron chi connectivity index (χ4n) is 3.95. The van der Waals surface area contributed by atoms with Crippen LogP contribution in [0.15, 0.2) is 36.7 Å². The third kappa shape index (κ3) is 2.71. The molecule has 1 N–H and O–H groups in total. The van der Waals surface area contributed by atoms with E-state index in [0.717, 1.165) is 25.9 Å². The highest BCUT2D eigenvalue weighted by Gasteiger charge is 2.38. The number of carbonyl (C=O) groups excluding carboxylic acids is 1. The van der Waals surface area contributed by atoms with E-state index in [2.05, 4.69) is 22.2 Å². The number of aromatic nitrogens is 2. The van der Waals surface area contributed by atoms with Crippen molar-refractivity contribution in [3.8, 4) is 11.1 Å². The summed E-state index contributed by atoms with van der Waals surface area (Å²) in [6, 6.07) is 7.03. The molecular formula is C18H21FN4O. The second-order valence-electron chi connectivity index (χ2n) is 6.84. The second-order valence-corrected chi connectivity index (χ2v) is 6.84. The Kier molecular flexibility index (Phi) is 3.84. The first-order valence-electron chi connectivity index (χ1n) is 8.46. The minimum Gasteiger partial charge on any atom is -0.332 e. The molecule has 3 saturated heterocycles. The van der Waals surface area contributed by atoms with Crippen LogP contribution >= 0.6 is 0 Å². The number of hydrogen-bond donors (Lipinski definition) is 1. The van der Waals surface area contributed by atoms with E-state index in [9.17, 15) is 9.18 Å². The van der Waals surface area contributed by atoms with E-state index in [4.69, 9.17) is 0 Å². The summed E-state index contributed by atoms with van der Waals surface area (Å²) in [6.45, 7) is 4.27. The second kappa shape index (κ2) is 6.02. The molecule has 3 unspecified atom stereocenters. The molecule has 4 atom stereocenters. The average molecular weight is 328 g/mol. The quantitative estimate of drug-likeness (QED) is 0.922. The van der Waals surface area contributed by atoms with Crippen molar-refractivity contribution in [3.05, 3.63) is 42.5 Å². The zero-order valence-corrected chi connectivity index (χ0v) is 13.7. The number of rotatable bonds is 2. The Labute approximate surface area is 140 Å². The minimum absolute atomic E-state index is 0.170. The van der Waals surface area contributed by atoms with Gasteiger partial charge in [-0.05, 0) is 38.3 Å². The van der Waals surface area contributed by atoms with E-state index in [0.29, 0.717) is 23.1 Å². The number of nitrogens with one attached hydrogen (secondary N) is 1. The predicted molar refractivity (Wildman–Crippen MR) is 89.1 cm³/mol. The number of halogens is 1. The lowest BCUT2D eigenvalue weighted by atomic mass is 9.80. The highest BCUT2D eigenvalue weighted by atomic mass is 19.1. The van der Waals surface area contributed by atoms with Crippen LogP contribution in [0.5, 0.6) is 0 Å². The first-order valence-corrected chi connectivity index (χ1v) is 8.46. The lowest BCUT2D eigenvalue weighted by Crippen LogP contribution is -2.60. The highest BCUT2D eigenvalue weighted by Crippen LogP contribution is 2.32. The van der Waals surface area contributed by atoms with Crippen molar-refractivity contribution >= 4 is 6.03 Å². The Balaban J connectivity index is 1.47. The van der Waals surface area contributed by atoms with Gasteiger partial charge in [0.2, 0.25) is 0 Å². The molecule has 0 radical (unpaired) electrons.